The van der Waals surface area contributed by atoms with Gasteiger partial charge in [-0.1, -0.05) is 39.8 Å². The first-order valence-electron chi connectivity index (χ1n) is 8.59. The van der Waals surface area contributed by atoms with Crippen LogP contribution >= 0.6 is 0 Å². The summed E-state index contributed by atoms with van der Waals surface area (Å²) in [6.07, 6.45) is 0.517. The van der Waals surface area contributed by atoms with Gasteiger partial charge in [-0.2, -0.15) is 4.31 Å². The minimum absolute atomic E-state index is 0.114. The van der Waals surface area contributed by atoms with Gasteiger partial charge in [-0.05, 0) is 29.5 Å². The molecule has 0 bridgehead atoms. The van der Waals surface area contributed by atoms with E-state index in [1.54, 1.807) is 17.0 Å². The van der Waals surface area contributed by atoms with Crippen LogP contribution in [0.3, 0.4) is 0 Å². The maximum Gasteiger partial charge on any atom is 0.243 e. The van der Waals surface area contributed by atoms with Gasteiger partial charge in [0.1, 0.15) is 0 Å². The van der Waals surface area contributed by atoms with E-state index in [1.165, 1.54) is 4.31 Å². The van der Waals surface area contributed by atoms with Crippen molar-refractivity contribution < 1.29 is 13.2 Å². The van der Waals surface area contributed by atoms with Gasteiger partial charge in [0.05, 0.1) is 4.90 Å². The van der Waals surface area contributed by atoms with E-state index in [0.717, 1.165) is 5.56 Å². The van der Waals surface area contributed by atoms with E-state index in [0.29, 0.717) is 49.3 Å². The Balaban J connectivity index is 2.03. The average Bonchev–Trinajstić information content (AvgIpc) is 2.54. The Bertz CT molecular complexity index is 658. The average molecular weight is 353 g/mol. The number of rotatable bonds is 5. The van der Waals surface area contributed by atoms with Crippen LogP contribution in [0.5, 0.6) is 0 Å². The lowest BCUT2D eigenvalue weighted by Gasteiger charge is -2.34. The van der Waals surface area contributed by atoms with Crippen molar-refractivity contribution in [1.29, 1.82) is 0 Å². The summed E-state index contributed by atoms with van der Waals surface area (Å²) in [6, 6.07) is 7.11. The van der Waals surface area contributed by atoms with Crippen LogP contribution in [0.15, 0.2) is 29.2 Å². The van der Waals surface area contributed by atoms with Crippen molar-refractivity contribution in [2.24, 2.45) is 5.92 Å². The van der Waals surface area contributed by atoms with E-state index in [9.17, 15) is 13.2 Å². The summed E-state index contributed by atoms with van der Waals surface area (Å²) < 4.78 is 27.0. The standard InChI is InChI=1S/C18H28N2O3S/c1-14(2)13-18(21)19-9-11-20(12-10-19)24(22,23)17-7-5-16(6-8-17)15(3)4/h5-8,14-15H,9-13H2,1-4H3. The molecular weight excluding hydrogens is 324 g/mol. The van der Waals surface area contributed by atoms with Crippen LogP contribution in [0, 0.1) is 5.92 Å². The van der Waals surface area contributed by atoms with Gasteiger partial charge < -0.3 is 4.90 Å². The first kappa shape index (κ1) is 18.9. The molecule has 0 N–H and O–H groups in total. The van der Waals surface area contributed by atoms with Crippen LogP contribution in [0.2, 0.25) is 0 Å². The van der Waals surface area contributed by atoms with E-state index in [-0.39, 0.29) is 5.91 Å². The van der Waals surface area contributed by atoms with Crippen LogP contribution in [0.4, 0.5) is 0 Å². The number of piperazine rings is 1. The second-order valence-corrected chi connectivity index (χ2v) is 9.04. The summed E-state index contributed by atoms with van der Waals surface area (Å²) in [5.41, 5.74) is 1.12. The smallest absolute Gasteiger partial charge is 0.243 e. The monoisotopic (exact) mass is 352 g/mol. The number of carbonyl (C=O) groups is 1. The molecule has 0 spiro atoms. The molecule has 1 heterocycles. The largest absolute Gasteiger partial charge is 0.340 e. The fourth-order valence-corrected chi connectivity index (χ4v) is 4.25. The third-order valence-corrected chi connectivity index (χ3v) is 6.27. The van der Waals surface area contributed by atoms with Crippen LogP contribution < -0.4 is 0 Å². The predicted octanol–water partition coefficient (Wildman–Crippen LogP) is 2.69. The Kier molecular flexibility index (Phi) is 6.04. The summed E-state index contributed by atoms with van der Waals surface area (Å²) in [5.74, 6) is 0.805. The van der Waals surface area contributed by atoms with Crippen molar-refractivity contribution >= 4 is 15.9 Å². The molecule has 24 heavy (non-hydrogen) atoms. The van der Waals surface area contributed by atoms with Gasteiger partial charge in [-0.3, -0.25) is 4.79 Å². The zero-order valence-electron chi connectivity index (χ0n) is 15.0. The second-order valence-electron chi connectivity index (χ2n) is 7.11. The molecule has 1 saturated heterocycles. The molecule has 0 saturated carbocycles. The minimum atomic E-state index is -3.48. The zero-order valence-corrected chi connectivity index (χ0v) is 15.8. The molecule has 0 unspecified atom stereocenters. The first-order valence-corrected chi connectivity index (χ1v) is 10.0. The molecule has 2 rings (SSSR count). The van der Waals surface area contributed by atoms with Gasteiger partial charge in [0, 0.05) is 32.6 Å². The SMILES string of the molecule is CC(C)CC(=O)N1CCN(S(=O)(=O)c2ccc(C(C)C)cc2)CC1. The molecule has 0 aliphatic carbocycles. The fraction of sp³-hybridized carbons (Fsp3) is 0.611. The van der Waals surface area contributed by atoms with Crippen LogP contribution in [-0.4, -0.2) is 49.7 Å². The van der Waals surface area contributed by atoms with E-state index < -0.39 is 10.0 Å². The Morgan fingerprint density at radius 1 is 1.00 bits per heavy atom. The Labute approximate surface area is 145 Å². The molecule has 1 aromatic carbocycles. The number of amides is 1. The van der Waals surface area contributed by atoms with E-state index in [2.05, 4.69) is 13.8 Å². The lowest BCUT2D eigenvalue weighted by molar-refractivity contribution is -0.133. The number of nitrogens with zero attached hydrogens (tertiary/aromatic N) is 2. The van der Waals surface area contributed by atoms with Crippen molar-refractivity contribution in [2.75, 3.05) is 26.2 Å². The number of hydrogen-bond donors (Lipinski definition) is 0. The van der Waals surface area contributed by atoms with Gasteiger partial charge in [-0.15, -0.1) is 0 Å². The van der Waals surface area contributed by atoms with E-state index in [1.807, 2.05) is 26.0 Å². The van der Waals surface area contributed by atoms with Crippen LogP contribution in [-0.2, 0) is 14.8 Å². The van der Waals surface area contributed by atoms with Crippen molar-refractivity contribution in [3.8, 4) is 0 Å². The molecule has 5 nitrogen and oxygen atoms in total. The highest BCUT2D eigenvalue weighted by molar-refractivity contribution is 7.89. The highest BCUT2D eigenvalue weighted by Crippen LogP contribution is 2.21. The molecule has 1 aliphatic rings. The fourth-order valence-electron chi connectivity index (χ4n) is 2.83. The van der Waals surface area contributed by atoms with Gasteiger partial charge in [-0.25, -0.2) is 8.42 Å². The molecule has 1 aromatic rings. The van der Waals surface area contributed by atoms with Crippen molar-refractivity contribution in [3.05, 3.63) is 29.8 Å². The molecule has 1 amide bonds. The second kappa shape index (κ2) is 7.66. The van der Waals surface area contributed by atoms with Crippen LogP contribution in [0.1, 0.15) is 45.6 Å². The van der Waals surface area contributed by atoms with E-state index in [4.69, 9.17) is 0 Å². The maximum atomic E-state index is 12.7. The number of carbonyl (C=O) groups excluding carboxylic acids is 1. The predicted molar refractivity (Wildman–Crippen MR) is 95.3 cm³/mol. The first-order chi connectivity index (χ1) is 11.2. The maximum absolute atomic E-state index is 12.7. The summed E-state index contributed by atoms with van der Waals surface area (Å²) in [4.78, 5) is 14.2. The highest BCUT2D eigenvalue weighted by atomic mass is 32.2. The molecule has 1 fully saturated rings. The van der Waals surface area contributed by atoms with Gasteiger partial charge in [0.25, 0.3) is 0 Å². The van der Waals surface area contributed by atoms with Gasteiger partial charge in [0.2, 0.25) is 15.9 Å². The quantitative estimate of drug-likeness (QED) is 0.819. The molecule has 134 valence electrons. The highest BCUT2D eigenvalue weighted by Gasteiger charge is 2.30. The normalized spacial score (nSPS) is 16.8. The number of hydrogen-bond acceptors (Lipinski definition) is 3. The molecule has 0 radical (unpaired) electrons. The van der Waals surface area contributed by atoms with Gasteiger partial charge in [0.15, 0.2) is 0 Å². The lowest BCUT2D eigenvalue weighted by Crippen LogP contribution is -2.50. The molecule has 6 heteroatoms. The summed E-state index contributed by atoms with van der Waals surface area (Å²) in [7, 11) is -3.48. The minimum Gasteiger partial charge on any atom is -0.340 e. The number of sulfonamides is 1. The Morgan fingerprint density at radius 3 is 2.00 bits per heavy atom. The zero-order chi connectivity index (χ0) is 17.9. The summed E-state index contributed by atoms with van der Waals surface area (Å²) in [5, 5.41) is 0. The lowest BCUT2D eigenvalue weighted by atomic mass is 10.0. The number of benzene rings is 1. The van der Waals surface area contributed by atoms with Crippen molar-refractivity contribution in [3.63, 3.8) is 0 Å². The third kappa shape index (κ3) is 4.36. The molecular formula is C18H28N2O3S. The van der Waals surface area contributed by atoms with Crippen molar-refractivity contribution in [2.45, 2.75) is 44.9 Å². The van der Waals surface area contributed by atoms with Crippen LogP contribution in [0.25, 0.3) is 0 Å². The Morgan fingerprint density at radius 2 is 1.54 bits per heavy atom. The molecule has 0 atom stereocenters. The summed E-state index contributed by atoms with van der Waals surface area (Å²) >= 11 is 0. The van der Waals surface area contributed by atoms with Crippen molar-refractivity contribution in [1.82, 2.24) is 9.21 Å². The summed E-state index contributed by atoms with van der Waals surface area (Å²) in [6.45, 7) is 9.84. The topological polar surface area (TPSA) is 57.7 Å². The molecule has 0 aromatic heterocycles. The molecule has 1 aliphatic heterocycles. The Hall–Kier alpha value is -1.40. The van der Waals surface area contributed by atoms with Gasteiger partial charge >= 0.3 is 0 Å². The third-order valence-electron chi connectivity index (χ3n) is 4.36. The van der Waals surface area contributed by atoms with E-state index >= 15 is 0 Å².